The lowest BCUT2D eigenvalue weighted by Crippen LogP contribution is -2.24. The van der Waals surface area contributed by atoms with E-state index in [2.05, 4.69) is 52.6 Å². The zero-order valence-electron chi connectivity index (χ0n) is 15.1. The summed E-state index contributed by atoms with van der Waals surface area (Å²) in [6.45, 7) is 4.84. The maximum Gasteiger partial charge on any atom is 0.193 e. The molecule has 0 aliphatic carbocycles. The SMILES string of the molecule is CCc1cccc(CC)c1NC(N)=NCCc1nnc2ccccn12.I. The van der Waals surface area contributed by atoms with Crippen LogP contribution in [0.3, 0.4) is 0 Å². The van der Waals surface area contributed by atoms with Crippen LogP contribution >= 0.6 is 24.0 Å². The summed E-state index contributed by atoms with van der Waals surface area (Å²) >= 11 is 0. The largest absolute Gasteiger partial charge is 0.370 e. The van der Waals surface area contributed by atoms with Gasteiger partial charge in [0.05, 0.1) is 0 Å². The molecule has 0 atom stereocenters. The van der Waals surface area contributed by atoms with Crippen LogP contribution in [-0.2, 0) is 19.3 Å². The highest BCUT2D eigenvalue weighted by molar-refractivity contribution is 14.0. The van der Waals surface area contributed by atoms with Crippen molar-refractivity contribution in [1.29, 1.82) is 0 Å². The van der Waals surface area contributed by atoms with E-state index in [0.717, 1.165) is 30.0 Å². The maximum absolute atomic E-state index is 6.10. The molecule has 2 aromatic heterocycles. The van der Waals surface area contributed by atoms with E-state index in [1.54, 1.807) is 0 Å². The Morgan fingerprint density at radius 1 is 1.08 bits per heavy atom. The van der Waals surface area contributed by atoms with Crippen molar-refractivity contribution >= 4 is 41.3 Å². The molecule has 0 saturated carbocycles. The fourth-order valence-corrected chi connectivity index (χ4v) is 2.91. The molecule has 0 aliphatic rings. The second-order valence-corrected chi connectivity index (χ2v) is 5.85. The molecule has 3 rings (SSSR count). The highest BCUT2D eigenvalue weighted by Crippen LogP contribution is 2.22. The van der Waals surface area contributed by atoms with Gasteiger partial charge in [-0.2, -0.15) is 0 Å². The summed E-state index contributed by atoms with van der Waals surface area (Å²) in [4.78, 5) is 4.45. The number of fused-ring (bicyclic) bond motifs is 1. The Morgan fingerprint density at radius 2 is 1.81 bits per heavy atom. The molecule has 0 amide bonds. The van der Waals surface area contributed by atoms with Crippen LogP contribution in [0, 0.1) is 0 Å². The first-order valence-electron chi connectivity index (χ1n) is 8.69. The number of aliphatic imine (C=N–C) groups is 1. The Hall–Kier alpha value is -2.16. The van der Waals surface area contributed by atoms with Gasteiger partial charge in [-0.1, -0.05) is 38.1 Å². The quantitative estimate of drug-likeness (QED) is 0.333. The summed E-state index contributed by atoms with van der Waals surface area (Å²) in [5.41, 5.74) is 10.5. The van der Waals surface area contributed by atoms with Crippen LogP contribution in [0.1, 0.15) is 30.8 Å². The number of hydrogen-bond acceptors (Lipinski definition) is 3. The molecule has 0 aliphatic heterocycles. The smallest absolute Gasteiger partial charge is 0.193 e. The molecule has 138 valence electrons. The van der Waals surface area contributed by atoms with Gasteiger partial charge in [0.15, 0.2) is 11.6 Å². The summed E-state index contributed by atoms with van der Waals surface area (Å²) < 4.78 is 1.97. The zero-order valence-corrected chi connectivity index (χ0v) is 17.5. The van der Waals surface area contributed by atoms with Crippen LogP contribution in [0.25, 0.3) is 5.65 Å². The van der Waals surface area contributed by atoms with Gasteiger partial charge in [-0.3, -0.25) is 9.39 Å². The molecule has 0 spiro atoms. The molecule has 0 fully saturated rings. The average molecular weight is 464 g/mol. The van der Waals surface area contributed by atoms with E-state index >= 15 is 0 Å². The summed E-state index contributed by atoms with van der Waals surface area (Å²) in [5.74, 6) is 1.32. The zero-order chi connectivity index (χ0) is 17.6. The number of aryl methyl sites for hydroxylation is 2. The molecule has 2 heterocycles. The van der Waals surface area contributed by atoms with E-state index in [4.69, 9.17) is 5.73 Å². The number of pyridine rings is 1. The second kappa shape index (κ2) is 9.51. The Kier molecular flexibility index (Phi) is 7.38. The van der Waals surface area contributed by atoms with Crippen LogP contribution < -0.4 is 11.1 Å². The van der Waals surface area contributed by atoms with E-state index in [0.29, 0.717) is 18.9 Å². The number of guanidine groups is 1. The number of nitrogens with zero attached hydrogens (tertiary/aromatic N) is 4. The lowest BCUT2D eigenvalue weighted by Gasteiger charge is -2.14. The predicted molar refractivity (Wildman–Crippen MR) is 117 cm³/mol. The van der Waals surface area contributed by atoms with Gasteiger partial charge in [-0.05, 0) is 36.1 Å². The summed E-state index contributed by atoms with van der Waals surface area (Å²) in [7, 11) is 0. The van der Waals surface area contributed by atoms with Gasteiger partial charge < -0.3 is 11.1 Å². The average Bonchev–Trinajstić information content (AvgIpc) is 3.05. The van der Waals surface area contributed by atoms with Crippen molar-refractivity contribution in [3.8, 4) is 0 Å². The fourth-order valence-electron chi connectivity index (χ4n) is 2.91. The Morgan fingerprint density at radius 3 is 2.50 bits per heavy atom. The predicted octanol–water partition coefficient (Wildman–Crippen LogP) is 3.44. The molecule has 26 heavy (non-hydrogen) atoms. The topological polar surface area (TPSA) is 80.6 Å². The number of nitrogens with one attached hydrogen (secondary N) is 1. The minimum atomic E-state index is 0. The molecule has 1 aromatic carbocycles. The number of rotatable bonds is 6. The molecule has 0 unspecified atom stereocenters. The van der Waals surface area contributed by atoms with Gasteiger partial charge in [-0.15, -0.1) is 34.2 Å². The number of hydrogen-bond donors (Lipinski definition) is 2. The van der Waals surface area contributed by atoms with Gasteiger partial charge in [0.2, 0.25) is 0 Å². The van der Waals surface area contributed by atoms with Gasteiger partial charge in [0.1, 0.15) is 5.82 Å². The van der Waals surface area contributed by atoms with Crippen LogP contribution in [0.15, 0.2) is 47.6 Å². The van der Waals surface area contributed by atoms with E-state index < -0.39 is 0 Å². The minimum absolute atomic E-state index is 0. The highest BCUT2D eigenvalue weighted by Gasteiger charge is 2.07. The van der Waals surface area contributed by atoms with Gasteiger partial charge in [0, 0.05) is 24.8 Å². The number of benzene rings is 1. The van der Waals surface area contributed by atoms with Crippen molar-refractivity contribution in [2.24, 2.45) is 10.7 Å². The molecule has 3 N–H and O–H groups in total. The molecule has 0 saturated heterocycles. The second-order valence-electron chi connectivity index (χ2n) is 5.85. The lowest BCUT2D eigenvalue weighted by molar-refractivity contribution is 0.847. The monoisotopic (exact) mass is 464 g/mol. The van der Waals surface area contributed by atoms with Crippen molar-refractivity contribution in [2.75, 3.05) is 11.9 Å². The van der Waals surface area contributed by atoms with Crippen LogP contribution in [0.2, 0.25) is 0 Å². The third kappa shape index (κ3) is 4.51. The van der Waals surface area contributed by atoms with Gasteiger partial charge >= 0.3 is 0 Å². The third-order valence-corrected chi connectivity index (χ3v) is 4.25. The first-order chi connectivity index (χ1) is 12.2. The minimum Gasteiger partial charge on any atom is -0.370 e. The summed E-state index contributed by atoms with van der Waals surface area (Å²) in [5, 5.41) is 11.6. The Bertz CT molecular complexity index is 864. The van der Waals surface area contributed by atoms with Crippen molar-refractivity contribution in [3.05, 3.63) is 59.5 Å². The van der Waals surface area contributed by atoms with Crippen molar-refractivity contribution in [1.82, 2.24) is 14.6 Å². The molecule has 0 radical (unpaired) electrons. The van der Waals surface area contributed by atoms with Crippen LogP contribution in [0.5, 0.6) is 0 Å². The summed E-state index contributed by atoms with van der Waals surface area (Å²) in [6, 6.07) is 12.2. The molecule has 3 aromatic rings. The molecular formula is C19H25IN6. The van der Waals surface area contributed by atoms with Crippen molar-refractivity contribution in [3.63, 3.8) is 0 Å². The number of nitrogens with two attached hydrogens (primary N) is 1. The highest BCUT2D eigenvalue weighted by atomic mass is 127. The van der Waals surface area contributed by atoms with Crippen LogP contribution in [0.4, 0.5) is 5.69 Å². The first kappa shape index (κ1) is 20.2. The van der Waals surface area contributed by atoms with Gasteiger partial charge in [0.25, 0.3) is 0 Å². The van der Waals surface area contributed by atoms with E-state index in [1.807, 2.05) is 28.8 Å². The molecule has 0 bridgehead atoms. The molecular weight excluding hydrogens is 439 g/mol. The Balaban J connectivity index is 0.00000243. The third-order valence-electron chi connectivity index (χ3n) is 4.25. The number of halogens is 1. The molecule has 6 nitrogen and oxygen atoms in total. The van der Waals surface area contributed by atoms with Crippen LogP contribution in [-0.4, -0.2) is 27.1 Å². The van der Waals surface area contributed by atoms with E-state index in [9.17, 15) is 0 Å². The van der Waals surface area contributed by atoms with Crippen molar-refractivity contribution in [2.45, 2.75) is 33.1 Å². The maximum atomic E-state index is 6.10. The number of anilines is 1. The normalized spacial score (nSPS) is 11.4. The Labute approximate surface area is 170 Å². The molecule has 7 heteroatoms. The van der Waals surface area contributed by atoms with Crippen molar-refractivity contribution < 1.29 is 0 Å². The number of para-hydroxylation sites is 1. The first-order valence-corrected chi connectivity index (χ1v) is 8.69. The lowest BCUT2D eigenvalue weighted by atomic mass is 10.0. The fraction of sp³-hybridized carbons (Fsp3) is 0.316. The number of aromatic nitrogens is 3. The van der Waals surface area contributed by atoms with Gasteiger partial charge in [-0.25, -0.2) is 0 Å². The summed E-state index contributed by atoms with van der Waals surface area (Å²) in [6.07, 6.45) is 4.55. The van der Waals surface area contributed by atoms with E-state index in [-0.39, 0.29) is 24.0 Å². The van der Waals surface area contributed by atoms with E-state index in [1.165, 1.54) is 11.1 Å². The standard InChI is InChI=1S/C19H24N6.HI/c1-3-14-8-7-9-15(4-2)18(14)22-19(20)21-12-11-17-24-23-16-10-5-6-13-25(16)17;/h5-10,13H,3-4,11-12H2,1-2H3,(H3,20,21,22);1H.